The Balaban J connectivity index is 1.53. The first kappa shape index (κ1) is 15.6. The van der Waals surface area contributed by atoms with Crippen LogP contribution in [0.1, 0.15) is 21.1 Å². The number of nitrogens with one attached hydrogen (secondary N) is 1. The second-order valence-electron chi connectivity index (χ2n) is 5.63. The summed E-state index contributed by atoms with van der Waals surface area (Å²) in [5.41, 5.74) is 1.61. The second-order valence-corrected chi connectivity index (χ2v) is 6.71. The summed E-state index contributed by atoms with van der Waals surface area (Å²) >= 11 is 1.35. The molecule has 1 aliphatic rings. The summed E-state index contributed by atoms with van der Waals surface area (Å²) in [6.07, 6.45) is 0.0852. The minimum atomic E-state index is -0.554. The highest BCUT2D eigenvalue weighted by Gasteiger charge is 2.27. The van der Waals surface area contributed by atoms with E-state index in [9.17, 15) is 9.59 Å². The van der Waals surface area contributed by atoms with Crippen LogP contribution < -0.4 is 5.32 Å². The molecule has 2 amide bonds. The maximum atomic E-state index is 12.7. The molecule has 0 saturated carbocycles. The van der Waals surface area contributed by atoms with E-state index in [2.05, 4.69) is 15.0 Å². The van der Waals surface area contributed by atoms with E-state index in [0.29, 0.717) is 36.0 Å². The van der Waals surface area contributed by atoms with Crippen LogP contribution in [0.2, 0.25) is 0 Å². The normalized spacial score (nSPS) is 13.6. The van der Waals surface area contributed by atoms with E-state index in [-0.39, 0.29) is 5.91 Å². The topological polar surface area (TPSA) is 84.7 Å². The molecule has 1 aromatic carbocycles. The standard InChI is InChI=1S/C17H15N3O4S/c1-23-17(22)19-16-18-11-6-7-20(9-14(11)25-16)15(21)13-8-10-4-2-3-5-12(10)24-13/h2-5,8H,6-7,9H2,1H3,(H,18,19,22). The molecule has 4 rings (SSSR count). The molecule has 8 heteroatoms. The first-order valence-electron chi connectivity index (χ1n) is 7.75. The second kappa shape index (κ2) is 6.21. The van der Waals surface area contributed by atoms with Crippen molar-refractivity contribution in [2.75, 3.05) is 19.0 Å². The molecule has 0 atom stereocenters. The van der Waals surface area contributed by atoms with E-state index in [1.807, 2.05) is 24.3 Å². The number of anilines is 1. The van der Waals surface area contributed by atoms with Gasteiger partial charge in [0.05, 0.1) is 19.3 Å². The van der Waals surface area contributed by atoms with Gasteiger partial charge in [-0.05, 0) is 12.1 Å². The van der Waals surface area contributed by atoms with Crippen LogP contribution in [-0.4, -0.2) is 35.5 Å². The van der Waals surface area contributed by atoms with Crippen molar-refractivity contribution in [3.8, 4) is 0 Å². The number of fused-ring (bicyclic) bond motifs is 2. The summed E-state index contributed by atoms with van der Waals surface area (Å²) in [5, 5.41) is 3.96. The number of hydrogen-bond acceptors (Lipinski definition) is 6. The van der Waals surface area contributed by atoms with Crippen LogP contribution in [0.5, 0.6) is 0 Å². The molecule has 0 fully saturated rings. The van der Waals surface area contributed by atoms with Gasteiger partial charge < -0.3 is 14.1 Å². The molecular weight excluding hydrogens is 342 g/mol. The maximum absolute atomic E-state index is 12.7. The van der Waals surface area contributed by atoms with E-state index < -0.39 is 6.09 Å². The lowest BCUT2D eigenvalue weighted by molar-refractivity contribution is 0.0706. The average Bonchev–Trinajstić information content (AvgIpc) is 3.23. The third-order valence-electron chi connectivity index (χ3n) is 4.05. The summed E-state index contributed by atoms with van der Waals surface area (Å²) < 4.78 is 10.2. The molecule has 1 aliphatic heterocycles. The molecule has 128 valence electrons. The van der Waals surface area contributed by atoms with Crippen LogP contribution in [0, 0.1) is 0 Å². The van der Waals surface area contributed by atoms with Crippen LogP contribution in [-0.2, 0) is 17.7 Å². The Morgan fingerprint density at radius 3 is 3.00 bits per heavy atom. The largest absolute Gasteiger partial charge is 0.453 e. The van der Waals surface area contributed by atoms with Gasteiger partial charge in [0, 0.05) is 23.2 Å². The third-order valence-corrected chi connectivity index (χ3v) is 5.05. The number of carbonyl (C=O) groups excluding carboxylic acids is 2. The number of rotatable bonds is 2. The van der Waals surface area contributed by atoms with Crippen molar-refractivity contribution in [2.45, 2.75) is 13.0 Å². The first-order chi connectivity index (χ1) is 12.1. The predicted octanol–water partition coefficient (Wildman–Crippen LogP) is 3.27. The number of para-hydroxylation sites is 1. The molecule has 3 aromatic rings. The summed E-state index contributed by atoms with van der Waals surface area (Å²) in [4.78, 5) is 31.1. The minimum absolute atomic E-state index is 0.141. The zero-order chi connectivity index (χ0) is 17.4. The molecule has 25 heavy (non-hydrogen) atoms. The zero-order valence-corrected chi connectivity index (χ0v) is 14.3. The van der Waals surface area contributed by atoms with Crippen molar-refractivity contribution in [3.05, 3.63) is 46.7 Å². The quantitative estimate of drug-likeness (QED) is 0.761. The van der Waals surface area contributed by atoms with Gasteiger partial charge in [-0.2, -0.15) is 0 Å². The van der Waals surface area contributed by atoms with Crippen molar-refractivity contribution in [1.29, 1.82) is 0 Å². The molecule has 0 aliphatic carbocycles. The number of benzene rings is 1. The Morgan fingerprint density at radius 2 is 2.20 bits per heavy atom. The van der Waals surface area contributed by atoms with Gasteiger partial charge in [0.15, 0.2) is 10.9 Å². The Hall–Kier alpha value is -2.87. The fraction of sp³-hybridized carbons (Fsp3) is 0.235. The van der Waals surface area contributed by atoms with Crippen LogP contribution in [0.3, 0.4) is 0 Å². The zero-order valence-electron chi connectivity index (χ0n) is 13.4. The molecule has 2 aromatic heterocycles. The Labute approximate surface area is 147 Å². The van der Waals surface area contributed by atoms with E-state index in [4.69, 9.17) is 4.42 Å². The number of nitrogens with zero attached hydrogens (tertiary/aromatic N) is 2. The SMILES string of the molecule is COC(=O)Nc1nc2c(s1)CN(C(=O)c1cc3ccccc3o1)CC2. The van der Waals surface area contributed by atoms with Crippen molar-refractivity contribution in [2.24, 2.45) is 0 Å². The van der Waals surface area contributed by atoms with Gasteiger partial charge in [0.2, 0.25) is 0 Å². The van der Waals surface area contributed by atoms with Gasteiger partial charge in [0.1, 0.15) is 5.58 Å². The molecule has 7 nitrogen and oxygen atoms in total. The third kappa shape index (κ3) is 2.96. The maximum Gasteiger partial charge on any atom is 0.413 e. The molecule has 0 saturated heterocycles. The highest BCUT2D eigenvalue weighted by molar-refractivity contribution is 7.15. The molecular formula is C17H15N3O4S. The van der Waals surface area contributed by atoms with Crippen molar-refractivity contribution in [3.63, 3.8) is 0 Å². The van der Waals surface area contributed by atoms with Gasteiger partial charge in [-0.1, -0.05) is 29.5 Å². The summed E-state index contributed by atoms with van der Waals surface area (Å²) in [6, 6.07) is 9.31. The average molecular weight is 357 g/mol. The number of methoxy groups -OCH3 is 1. The summed E-state index contributed by atoms with van der Waals surface area (Å²) in [6.45, 7) is 1.01. The number of thiazole rings is 1. The van der Waals surface area contributed by atoms with Crippen LogP contribution in [0.4, 0.5) is 9.93 Å². The van der Waals surface area contributed by atoms with Crippen molar-refractivity contribution < 1.29 is 18.7 Å². The number of furan rings is 1. The predicted molar refractivity (Wildman–Crippen MR) is 92.8 cm³/mol. The number of ether oxygens (including phenoxy) is 1. The number of amides is 2. The van der Waals surface area contributed by atoms with E-state index in [1.54, 1.807) is 11.0 Å². The van der Waals surface area contributed by atoms with Crippen LogP contribution >= 0.6 is 11.3 Å². The lowest BCUT2D eigenvalue weighted by Gasteiger charge is -2.25. The highest BCUT2D eigenvalue weighted by Crippen LogP contribution is 2.30. The fourth-order valence-corrected chi connectivity index (χ4v) is 3.81. The molecule has 3 heterocycles. The lowest BCUT2D eigenvalue weighted by Crippen LogP contribution is -2.35. The summed E-state index contributed by atoms with van der Waals surface area (Å²) in [7, 11) is 1.30. The van der Waals surface area contributed by atoms with Gasteiger partial charge in [-0.25, -0.2) is 9.78 Å². The van der Waals surface area contributed by atoms with E-state index >= 15 is 0 Å². The highest BCUT2D eigenvalue weighted by atomic mass is 32.1. The number of hydrogen-bond donors (Lipinski definition) is 1. The van der Waals surface area contributed by atoms with Gasteiger partial charge in [-0.3, -0.25) is 10.1 Å². The lowest BCUT2D eigenvalue weighted by atomic mass is 10.1. The Kier molecular flexibility index (Phi) is 3.89. The minimum Gasteiger partial charge on any atom is -0.453 e. The van der Waals surface area contributed by atoms with Crippen molar-refractivity contribution in [1.82, 2.24) is 9.88 Å². The molecule has 0 unspecified atom stereocenters. The smallest absolute Gasteiger partial charge is 0.413 e. The molecule has 1 N–H and O–H groups in total. The van der Waals surface area contributed by atoms with E-state index in [0.717, 1.165) is 16.0 Å². The van der Waals surface area contributed by atoms with Gasteiger partial charge in [-0.15, -0.1) is 0 Å². The van der Waals surface area contributed by atoms with Crippen LogP contribution in [0.25, 0.3) is 11.0 Å². The Bertz CT molecular complexity index is 929. The van der Waals surface area contributed by atoms with E-state index in [1.165, 1.54) is 18.4 Å². The van der Waals surface area contributed by atoms with Crippen LogP contribution in [0.15, 0.2) is 34.7 Å². The number of aromatic nitrogens is 1. The van der Waals surface area contributed by atoms with Gasteiger partial charge in [0.25, 0.3) is 5.91 Å². The fourth-order valence-electron chi connectivity index (χ4n) is 2.80. The molecule has 0 spiro atoms. The number of carbonyl (C=O) groups is 2. The first-order valence-corrected chi connectivity index (χ1v) is 8.57. The molecule has 0 bridgehead atoms. The Morgan fingerprint density at radius 1 is 1.36 bits per heavy atom. The van der Waals surface area contributed by atoms with Crippen molar-refractivity contribution >= 4 is 39.4 Å². The monoisotopic (exact) mass is 357 g/mol. The molecule has 0 radical (unpaired) electrons. The van der Waals surface area contributed by atoms with Gasteiger partial charge >= 0.3 is 6.09 Å². The summed E-state index contributed by atoms with van der Waals surface area (Å²) in [5.74, 6) is 0.194.